The number of benzene rings is 1. The maximum atomic E-state index is 3.68. The van der Waals surface area contributed by atoms with E-state index >= 15 is 0 Å². The predicted octanol–water partition coefficient (Wildman–Crippen LogP) is 5.06. The van der Waals surface area contributed by atoms with Gasteiger partial charge in [0.05, 0.1) is 8.93 Å². The van der Waals surface area contributed by atoms with Gasteiger partial charge in [0, 0.05) is 0 Å². The maximum absolute atomic E-state index is 3.68. The summed E-state index contributed by atoms with van der Waals surface area (Å²) in [6.07, 6.45) is 1.16. The van der Waals surface area contributed by atoms with E-state index in [9.17, 15) is 0 Å². The molecule has 1 unspecified atom stereocenters. The molecule has 2 rings (SSSR count). The van der Waals surface area contributed by atoms with Crippen molar-refractivity contribution in [2.45, 2.75) is 33.2 Å². The lowest BCUT2D eigenvalue weighted by Crippen LogP contribution is -2.23. The Hall–Kier alpha value is -0.390. The van der Waals surface area contributed by atoms with Gasteiger partial charge in [0.1, 0.15) is 0 Å². The van der Waals surface area contributed by atoms with Crippen molar-refractivity contribution in [1.82, 2.24) is 5.32 Å². The first-order valence-electron chi connectivity index (χ1n) is 6.66. The number of hydrogen-bond acceptors (Lipinski definition) is 2. The monoisotopic (exact) mass is 385 g/mol. The topological polar surface area (TPSA) is 12.0 Å². The molecule has 3 heteroatoms. The summed E-state index contributed by atoms with van der Waals surface area (Å²) in [6.45, 7) is 7.62. The minimum Gasteiger partial charge on any atom is -0.306 e. The second-order valence-corrected chi connectivity index (χ2v) is 7.74. The van der Waals surface area contributed by atoms with Gasteiger partial charge in [0.25, 0.3) is 0 Å². The Morgan fingerprint density at radius 1 is 1.26 bits per heavy atom. The lowest BCUT2D eigenvalue weighted by molar-refractivity contribution is 0.597. The van der Waals surface area contributed by atoms with Gasteiger partial charge in [0.2, 0.25) is 0 Å². The van der Waals surface area contributed by atoms with Gasteiger partial charge in [-0.05, 0) is 77.5 Å². The van der Waals surface area contributed by atoms with E-state index in [1.165, 1.54) is 25.1 Å². The summed E-state index contributed by atoms with van der Waals surface area (Å²) in [7, 11) is 0. The molecular formula is C16H20INS. The molecule has 0 aliphatic rings. The zero-order valence-corrected chi connectivity index (χ0v) is 14.6. The van der Waals surface area contributed by atoms with E-state index in [1.54, 1.807) is 0 Å². The standard InChI is InChI=1S/C16H20INS/c1-4-7-18-16(13-9-15(17)19-10-13)14-6-5-11(2)8-12(14)3/h5-6,8-10,16,18H,4,7H2,1-3H3. The highest BCUT2D eigenvalue weighted by Gasteiger charge is 2.16. The molecule has 102 valence electrons. The van der Waals surface area contributed by atoms with Crippen molar-refractivity contribution < 1.29 is 0 Å². The van der Waals surface area contributed by atoms with Crippen LogP contribution in [0.3, 0.4) is 0 Å². The predicted molar refractivity (Wildman–Crippen MR) is 93.1 cm³/mol. The molecule has 0 aliphatic carbocycles. The first-order chi connectivity index (χ1) is 9.11. The SMILES string of the molecule is CCCNC(c1csc(I)c1)c1ccc(C)cc1C. The fourth-order valence-electron chi connectivity index (χ4n) is 2.32. The fraction of sp³-hybridized carbons (Fsp3) is 0.375. The van der Waals surface area contributed by atoms with Crippen molar-refractivity contribution in [3.05, 3.63) is 54.8 Å². The summed E-state index contributed by atoms with van der Waals surface area (Å²) in [6, 6.07) is 9.36. The molecule has 2 aromatic rings. The third-order valence-electron chi connectivity index (χ3n) is 3.26. The molecule has 0 fully saturated rings. The van der Waals surface area contributed by atoms with Crippen LogP contribution in [0.2, 0.25) is 0 Å². The molecule has 1 aromatic carbocycles. The van der Waals surface area contributed by atoms with Gasteiger partial charge < -0.3 is 5.32 Å². The second kappa shape index (κ2) is 6.86. The second-order valence-electron chi connectivity index (χ2n) is 4.93. The van der Waals surface area contributed by atoms with Crippen molar-refractivity contribution in [3.63, 3.8) is 0 Å². The van der Waals surface area contributed by atoms with Gasteiger partial charge in [-0.25, -0.2) is 0 Å². The van der Waals surface area contributed by atoms with Crippen molar-refractivity contribution in [1.29, 1.82) is 0 Å². The van der Waals surface area contributed by atoms with Gasteiger partial charge in [-0.15, -0.1) is 11.3 Å². The maximum Gasteiger partial charge on any atom is 0.0656 e. The third kappa shape index (κ3) is 3.80. The number of aryl methyl sites for hydroxylation is 2. The van der Waals surface area contributed by atoms with E-state index in [0.717, 1.165) is 13.0 Å². The Labute approximate surface area is 133 Å². The summed E-state index contributed by atoms with van der Waals surface area (Å²) in [5.41, 5.74) is 5.48. The van der Waals surface area contributed by atoms with Crippen LogP contribution in [-0.4, -0.2) is 6.54 Å². The van der Waals surface area contributed by atoms with E-state index in [1.807, 2.05) is 11.3 Å². The van der Waals surface area contributed by atoms with Gasteiger partial charge in [-0.2, -0.15) is 0 Å². The van der Waals surface area contributed by atoms with Crippen LogP contribution in [0, 0.1) is 16.7 Å². The van der Waals surface area contributed by atoms with Crippen LogP contribution < -0.4 is 5.32 Å². The molecule has 0 bridgehead atoms. The molecule has 19 heavy (non-hydrogen) atoms. The number of rotatable bonds is 5. The Morgan fingerprint density at radius 3 is 2.63 bits per heavy atom. The molecule has 1 atom stereocenters. The summed E-state index contributed by atoms with van der Waals surface area (Å²) in [5.74, 6) is 0. The van der Waals surface area contributed by atoms with Crippen LogP contribution in [0.15, 0.2) is 29.6 Å². The van der Waals surface area contributed by atoms with Crippen molar-refractivity contribution in [3.8, 4) is 0 Å². The molecule has 0 amide bonds. The largest absolute Gasteiger partial charge is 0.306 e. The Bertz CT molecular complexity index is 547. The highest BCUT2D eigenvalue weighted by molar-refractivity contribution is 14.1. The van der Waals surface area contributed by atoms with Gasteiger partial charge in [0.15, 0.2) is 0 Å². The quantitative estimate of drug-likeness (QED) is 0.710. The third-order valence-corrected chi connectivity index (χ3v) is 5.06. The Morgan fingerprint density at radius 2 is 2.05 bits per heavy atom. The molecule has 0 radical (unpaired) electrons. The van der Waals surface area contributed by atoms with Crippen LogP contribution in [0.25, 0.3) is 0 Å². The van der Waals surface area contributed by atoms with E-state index in [2.05, 4.69) is 78.3 Å². The molecule has 1 aromatic heterocycles. The highest BCUT2D eigenvalue weighted by Crippen LogP contribution is 2.29. The minimum atomic E-state index is 0.320. The molecule has 0 saturated carbocycles. The molecule has 1 N–H and O–H groups in total. The van der Waals surface area contributed by atoms with E-state index in [-0.39, 0.29) is 0 Å². The van der Waals surface area contributed by atoms with Gasteiger partial charge in [-0.3, -0.25) is 0 Å². The summed E-state index contributed by atoms with van der Waals surface area (Å²) >= 11 is 4.21. The van der Waals surface area contributed by atoms with E-state index < -0.39 is 0 Å². The average molecular weight is 385 g/mol. The number of nitrogens with one attached hydrogen (secondary N) is 1. The summed E-state index contributed by atoms with van der Waals surface area (Å²) in [4.78, 5) is 0. The van der Waals surface area contributed by atoms with Crippen LogP contribution in [-0.2, 0) is 0 Å². The lowest BCUT2D eigenvalue weighted by atomic mass is 9.95. The molecule has 0 spiro atoms. The summed E-state index contributed by atoms with van der Waals surface area (Å²) in [5, 5.41) is 5.95. The van der Waals surface area contributed by atoms with Crippen LogP contribution in [0.4, 0.5) is 0 Å². The molecule has 0 saturated heterocycles. The zero-order chi connectivity index (χ0) is 13.8. The smallest absolute Gasteiger partial charge is 0.0656 e. The zero-order valence-electron chi connectivity index (χ0n) is 11.7. The van der Waals surface area contributed by atoms with Crippen molar-refractivity contribution in [2.24, 2.45) is 0 Å². The van der Waals surface area contributed by atoms with Crippen molar-refractivity contribution in [2.75, 3.05) is 6.54 Å². The molecule has 1 heterocycles. The van der Waals surface area contributed by atoms with E-state index in [4.69, 9.17) is 0 Å². The first-order valence-corrected chi connectivity index (χ1v) is 8.62. The van der Waals surface area contributed by atoms with Crippen molar-refractivity contribution >= 4 is 33.9 Å². The van der Waals surface area contributed by atoms with Gasteiger partial charge in [-0.1, -0.05) is 30.7 Å². The number of thiophene rings is 1. The van der Waals surface area contributed by atoms with Gasteiger partial charge >= 0.3 is 0 Å². The molecular weight excluding hydrogens is 365 g/mol. The number of halogens is 1. The Balaban J connectivity index is 2.36. The average Bonchev–Trinajstić information content (AvgIpc) is 2.78. The minimum absolute atomic E-state index is 0.320. The highest BCUT2D eigenvalue weighted by atomic mass is 127. The first kappa shape index (κ1) is 15.0. The fourth-order valence-corrected chi connectivity index (χ4v) is 3.72. The Kier molecular flexibility index (Phi) is 5.42. The van der Waals surface area contributed by atoms with E-state index in [0.29, 0.717) is 6.04 Å². The van der Waals surface area contributed by atoms with Crippen LogP contribution >= 0.6 is 33.9 Å². The van der Waals surface area contributed by atoms with Crippen LogP contribution in [0.1, 0.15) is 41.6 Å². The normalized spacial score (nSPS) is 12.6. The summed E-state index contributed by atoms with van der Waals surface area (Å²) < 4.78 is 1.35. The number of hydrogen-bond donors (Lipinski definition) is 1. The van der Waals surface area contributed by atoms with Crippen LogP contribution in [0.5, 0.6) is 0 Å². The molecule has 1 nitrogen and oxygen atoms in total. The lowest BCUT2D eigenvalue weighted by Gasteiger charge is -2.20. The molecule has 0 aliphatic heterocycles.